The SMILES string of the molecule is COc1ccc(-c2cc(C(=O)Nc3ccnn3Cc3cccs3)no2)cc1. The second-order valence-electron chi connectivity index (χ2n) is 5.71. The summed E-state index contributed by atoms with van der Waals surface area (Å²) in [6.07, 6.45) is 1.65. The number of carbonyl (C=O) groups excluding carboxylic acids is 1. The molecule has 4 rings (SSSR count). The van der Waals surface area contributed by atoms with Gasteiger partial charge in [0.05, 0.1) is 19.9 Å². The van der Waals surface area contributed by atoms with Crippen LogP contribution in [0.15, 0.2) is 64.6 Å². The predicted octanol–water partition coefficient (Wildman–Crippen LogP) is 3.91. The second kappa shape index (κ2) is 7.46. The van der Waals surface area contributed by atoms with E-state index in [-0.39, 0.29) is 11.6 Å². The van der Waals surface area contributed by atoms with Crippen LogP contribution in [0.2, 0.25) is 0 Å². The first kappa shape index (κ1) is 17.0. The second-order valence-corrected chi connectivity index (χ2v) is 6.74. The average Bonchev–Trinajstić information content (AvgIpc) is 3.45. The van der Waals surface area contributed by atoms with Crippen molar-refractivity contribution in [2.24, 2.45) is 0 Å². The van der Waals surface area contributed by atoms with Crippen LogP contribution >= 0.6 is 11.3 Å². The molecule has 0 spiro atoms. The Morgan fingerprint density at radius 1 is 1.26 bits per heavy atom. The topological polar surface area (TPSA) is 82.2 Å². The largest absolute Gasteiger partial charge is 0.497 e. The van der Waals surface area contributed by atoms with E-state index >= 15 is 0 Å². The number of methoxy groups -OCH3 is 1. The Morgan fingerprint density at radius 3 is 2.85 bits per heavy atom. The highest BCUT2D eigenvalue weighted by atomic mass is 32.1. The molecule has 1 amide bonds. The lowest BCUT2D eigenvalue weighted by Gasteiger charge is -2.06. The van der Waals surface area contributed by atoms with Crippen LogP contribution in [0.3, 0.4) is 0 Å². The highest BCUT2D eigenvalue weighted by molar-refractivity contribution is 7.09. The third kappa shape index (κ3) is 3.75. The lowest BCUT2D eigenvalue weighted by atomic mass is 10.1. The summed E-state index contributed by atoms with van der Waals surface area (Å²) < 4.78 is 12.2. The van der Waals surface area contributed by atoms with Gasteiger partial charge < -0.3 is 14.6 Å². The number of nitrogens with one attached hydrogen (secondary N) is 1. The van der Waals surface area contributed by atoms with E-state index < -0.39 is 0 Å². The van der Waals surface area contributed by atoms with Gasteiger partial charge in [0.1, 0.15) is 11.6 Å². The first-order valence-corrected chi connectivity index (χ1v) is 9.07. The van der Waals surface area contributed by atoms with E-state index in [1.165, 1.54) is 0 Å². The number of hydrogen-bond donors (Lipinski definition) is 1. The van der Waals surface area contributed by atoms with Crippen molar-refractivity contribution >= 4 is 23.1 Å². The molecule has 0 atom stereocenters. The number of ether oxygens (including phenoxy) is 1. The fraction of sp³-hybridized carbons (Fsp3) is 0.105. The quantitative estimate of drug-likeness (QED) is 0.548. The fourth-order valence-corrected chi connectivity index (χ4v) is 3.25. The maximum absolute atomic E-state index is 12.5. The van der Waals surface area contributed by atoms with Gasteiger partial charge in [-0.1, -0.05) is 11.2 Å². The minimum absolute atomic E-state index is 0.199. The Balaban J connectivity index is 1.48. The standard InChI is InChI=1S/C19H16N4O3S/c1-25-14-6-4-13(5-7-14)17-11-16(22-26-17)19(24)21-18-8-9-20-23(18)12-15-3-2-10-27-15/h2-11H,12H2,1H3,(H,21,24). The van der Waals surface area contributed by atoms with Gasteiger partial charge in [-0.25, -0.2) is 4.68 Å². The Morgan fingerprint density at radius 2 is 2.11 bits per heavy atom. The van der Waals surface area contributed by atoms with E-state index in [1.807, 2.05) is 41.8 Å². The van der Waals surface area contributed by atoms with Crippen molar-refractivity contribution in [2.75, 3.05) is 12.4 Å². The molecule has 3 heterocycles. The molecular weight excluding hydrogens is 364 g/mol. The summed E-state index contributed by atoms with van der Waals surface area (Å²) >= 11 is 1.64. The Labute approximate surface area is 159 Å². The molecule has 0 saturated heterocycles. The minimum Gasteiger partial charge on any atom is -0.497 e. The molecule has 0 bridgehead atoms. The smallest absolute Gasteiger partial charge is 0.279 e. The van der Waals surface area contributed by atoms with Crippen LogP contribution in [0.1, 0.15) is 15.4 Å². The van der Waals surface area contributed by atoms with E-state index in [0.29, 0.717) is 18.1 Å². The summed E-state index contributed by atoms with van der Waals surface area (Å²) in [4.78, 5) is 13.7. The van der Waals surface area contributed by atoms with Gasteiger partial charge in [0.15, 0.2) is 11.5 Å². The first-order chi connectivity index (χ1) is 13.2. The van der Waals surface area contributed by atoms with E-state index in [9.17, 15) is 4.79 Å². The number of nitrogens with zero attached hydrogens (tertiary/aromatic N) is 3. The number of carbonyl (C=O) groups is 1. The minimum atomic E-state index is -0.355. The molecule has 27 heavy (non-hydrogen) atoms. The molecule has 7 nitrogen and oxygen atoms in total. The highest BCUT2D eigenvalue weighted by Crippen LogP contribution is 2.23. The maximum Gasteiger partial charge on any atom is 0.279 e. The Bertz CT molecular complexity index is 1040. The van der Waals surface area contributed by atoms with Crippen LogP contribution in [0.5, 0.6) is 5.75 Å². The van der Waals surface area contributed by atoms with Crippen molar-refractivity contribution < 1.29 is 14.1 Å². The zero-order valence-corrected chi connectivity index (χ0v) is 15.3. The van der Waals surface area contributed by atoms with Gasteiger partial charge in [-0.2, -0.15) is 5.10 Å². The number of benzene rings is 1. The van der Waals surface area contributed by atoms with Gasteiger partial charge in [0.2, 0.25) is 0 Å². The third-order valence-electron chi connectivity index (χ3n) is 3.96. The van der Waals surface area contributed by atoms with Crippen molar-refractivity contribution in [1.82, 2.24) is 14.9 Å². The maximum atomic E-state index is 12.5. The number of anilines is 1. The van der Waals surface area contributed by atoms with Crippen LogP contribution in [0.4, 0.5) is 5.82 Å². The molecule has 0 aliphatic heterocycles. The number of aromatic nitrogens is 3. The number of amides is 1. The molecule has 1 N–H and O–H groups in total. The molecular formula is C19H16N4O3S. The van der Waals surface area contributed by atoms with Gasteiger partial charge in [-0.3, -0.25) is 4.79 Å². The van der Waals surface area contributed by atoms with Crippen LogP contribution in [0.25, 0.3) is 11.3 Å². The zero-order valence-electron chi connectivity index (χ0n) is 14.5. The summed E-state index contributed by atoms with van der Waals surface area (Å²) in [7, 11) is 1.61. The normalized spacial score (nSPS) is 10.7. The molecule has 136 valence electrons. The van der Waals surface area contributed by atoms with Gasteiger partial charge >= 0.3 is 0 Å². The number of rotatable bonds is 6. The average molecular weight is 380 g/mol. The highest BCUT2D eigenvalue weighted by Gasteiger charge is 2.16. The molecule has 3 aromatic heterocycles. The van der Waals surface area contributed by atoms with Crippen molar-refractivity contribution in [2.45, 2.75) is 6.54 Å². The van der Waals surface area contributed by atoms with Gasteiger partial charge in [-0.05, 0) is 35.7 Å². The molecule has 0 aliphatic carbocycles. The summed E-state index contributed by atoms with van der Waals surface area (Å²) in [6.45, 7) is 0.593. The van der Waals surface area contributed by atoms with Gasteiger partial charge in [0, 0.05) is 22.6 Å². The van der Waals surface area contributed by atoms with Crippen LogP contribution in [-0.2, 0) is 6.54 Å². The third-order valence-corrected chi connectivity index (χ3v) is 4.82. The lowest BCUT2D eigenvalue weighted by molar-refractivity contribution is 0.101. The van der Waals surface area contributed by atoms with Crippen molar-refractivity contribution in [3.8, 4) is 17.1 Å². The molecule has 0 aliphatic rings. The van der Waals surface area contributed by atoms with E-state index in [4.69, 9.17) is 9.26 Å². The number of hydrogen-bond acceptors (Lipinski definition) is 6. The molecule has 0 saturated carbocycles. The van der Waals surface area contributed by atoms with Crippen molar-refractivity contribution in [3.05, 3.63) is 70.7 Å². The van der Waals surface area contributed by atoms with Crippen LogP contribution in [0, 0.1) is 0 Å². The molecule has 0 unspecified atom stereocenters. The monoisotopic (exact) mass is 380 g/mol. The van der Waals surface area contributed by atoms with Crippen molar-refractivity contribution in [3.63, 3.8) is 0 Å². The van der Waals surface area contributed by atoms with E-state index in [2.05, 4.69) is 15.6 Å². The van der Waals surface area contributed by atoms with Crippen molar-refractivity contribution in [1.29, 1.82) is 0 Å². The molecule has 0 radical (unpaired) electrons. The molecule has 4 aromatic rings. The van der Waals surface area contributed by atoms with E-state index in [1.54, 1.807) is 41.5 Å². The van der Waals surface area contributed by atoms with Gasteiger partial charge in [0.25, 0.3) is 5.91 Å². The number of thiophene rings is 1. The zero-order chi connectivity index (χ0) is 18.6. The first-order valence-electron chi connectivity index (χ1n) is 8.19. The summed E-state index contributed by atoms with van der Waals surface area (Å²) in [5.74, 6) is 1.50. The molecule has 8 heteroatoms. The molecule has 0 fully saturated rings. The van der Waals surface area contributed by atoms with Crippen LogP contribution in [-0.4, -0.2) is 28.0 Å². The van der Waals surface area contributed by atoms with Crippen LogP contribution < -0.4 is 10.1 Å². The van der Waals surface area contributed by atoms with Gasteiger partial charge in [-0.15, -0.1) is 11.3 Å². The Hall–Kier alpha value is -3.39. The fourth-order valence-electron chi connectivity index (χ4n) is 2.57. The van der Waals surface area contributed by atoms with E-state index in [0.717, 1.165) is 16.2 Å². The predicted molar refractivity (Wildman–Crippen MR) is 102 cm³/mol. The Kier molecular flexibility index (Phi) is 4.71. The lowest BCUT2D eigenvalue weighted by Crippen LogP contribution is -2.16. The summed E-state index contributed by atoms with van der Waals surface area (Å²) in [5.41, 5.74) is 1.01. The summed E-state index contributed by atoms with van der Waals surface area (Å²) in [5, 5.41) is 13.0. The summed E-state index contributed by atoms with van der Waals surface area (Å²) in [6, 6.07) is 14.7. The molecule has 1 aromatic carbocycles.